The molecular weight excluding hydrogens is 503 g/mol. The largest absolute Gasteiger partial charge is 0.456 e. The van der Waals surface area contributed by atoms with Crippen LogP contribution in [0.1, 0.15) is 12.8 Å². The van der Waals surface area contributed by atoms with Crippen molar-refractivity contribution in [3.05, 3.63) is 56.6 Å². The Balaban J connectivity index is 1.57. The third-order valence-corrected chi connectivity index (χ3v) is 8.65. The van der Waals surface area contributed by atoms with E-state index in [1.165, 1.54) is 34.6 Å². The quantitative estimate of drug-likeness (QED) is 0.411. The second kappa shape index (κ2) is 10.3. The first-order chi connectivity index (χ1) is 16.1. The van der Waals surface area contributed by atoms with E-state index in [9.17, 15) is 18.5 Å². The normalized spacial score (nSPS) is 19.3. The van der Waals surface area contributed by atoms with Crippen LogP contribution in [-0.2, 0) is 10.0 Å². The molecule has 2 saturated heterocycles. The highest BCUT2D eigenvalue weighted by molar-refractivity contribution is 7.89. The lowest BCUT2D eigenvalue weighted by Gasteiger charge is -2.41. The van der Waals surface area contributed by atoms with E-state index in [4.69, 9.17) is 27.9 Å². The van der Waals surface area contributed by atoms with Crippen molar-refractivity contribution < 1.29 is 18.1 Å². The molecule has 12 heteroatoms. The monoisotopic (exact) mass is 528 g/mol. The van der Waals surface area contributed by atoms with E-state index < -0.39 is 14.9 Å². The highest BCUT2D eigenvalue weighted by Gasteiger charge is 2.34. The second-order valence-electron chi connectivity index (χ2n) is 8.57. The maximum absolute atomic E-state index is 13.6. The molecule has 0 bridgehead atoms. The molecule has 0 N–H and O–H groups in total. The summed E-state index contributed by atoms with van der Waals surface area (Å²) in [6.45, 7) is 3.90. The molecular formula is C22H26Cl2N4O5S. The van der Waals surface area contributed by atoms with Crippen molar-refractivity contribution >= 4 is 38.9 Å². The van der Waals surface area contributed by atoms with Gasteiger partial charge in [-0.2, -0.15) is 4.31 Å². The number of ether oxygens (including phenoxy) is 1. The van der Waals surface area contributed by atoms with Crippen molar-refractivity contribution in [2.24, 2.45) is 0 Å². The minimum absolute atomic E-state index is 0.0262. The first kappa shape index (κ1) is 25.2. The van der Waals surface area contributed by atoms with Gasteiger partial charge in [-0.15, -0.1) is 0 Å². The third-order valence-electron chi connectivity index (χ3n) is 6.30. The van der Waals surface area contributed by atoms with Gasteiger partial charge in [0.2, 0.25) is 10.0 Å². The van der Waals surface area contributed by atoms with Gasteiger partial charge in [0.15, 0.2) is 0 Å². The topological polar surface area (TPSA) is 96.2 Å². The number of likely N-dealkylation sites (tertiary alicyclic amines) is 1. The number of nitro benzene ring substituents is 1. The Morgan fingerprint density at radius 1 is 0.971 bits per heavy atom. The molecule has 0 aliphatic carbocycles. The fraction of sp³-hybridized carbons (Fsp3) is 0.455. The van der Waals surface area contributed by atoms with E-state index in [1.807, 2.05) is 0 Å². The summed E-state index contributed by atoms with van der Waals surface area (Å²) in [5, 5.41) is 12.0. The van der Waals surface area contributed by atoms with E-state index in [0.29, 0.717) is 42.3 Å². The summed E-state index contributed by atoms with van der Waals surface area (Å²) in [4.78, 5) is 15.1. The highest BCUT2D eigenvalue weighted by atomic mass is 35.5. The van der Waals surface area contributed by atoms with Gasteiger partial charge in [0, 0.05) is 54.4 Å². The van der Waals surface area contributed by atoms with Gasteiger partial charge in [0.25, 0.3) is 5.69 Å². The number of halogens is 2. The van der Waals surface area contributed by atoms with Crippen molar-refractivity contribution in [2.45, 2.75) is 23.8 Å². The maximum Gasteiger partial charge on any atom is 0.271 e. The summed E-state index contributed by atoms with van der Waals surface area (Å²) in [5.74, 6) is 0.205. The number of nitro groups is 1. The molecule has 9 nitrogen and oxygen atoms in total. The number of non-ortho nitro benzene ring substituents is 1. The predicted octanol–water partition coefficient (Wildman–Crippen LogP) is 4.09. The standard InChI is InChI=1S/C22H26Cl2N4O5S/c1-25-6-4-18(5-7-25)26-8-10-27(11-9-26)34(31,32)22-15-19(28(29)30)2-3-21(22)33-20-13-16(23)12-17(24)14-20/h2-3,12-15,18H,4-11H2,1H3. The zero-order valence-corrected chi connectivity index (χ0v) is 21.0. The molecule has 2 heterocycles. The van der Waals surface area contributed by atoms with Gasteiger partial charge in [-0.3, -0.25) is 15.0 Å². The van der Waals surface area contributed by atoms with Gasteiger partial charge in [0.1, 0.15) is 16.4 Å². The van der Waals surface area contributed by atoms with Crippen LogP contribution in [0.3, 0.4) is 0 Å². The average Bonchev–Trinajstić information content (AvgIpc) is 2.79. The number of piperidine rings is 1. The number of rotatable bonds is 6. The lowest BCUT2D eigenvalue weighted by atomic mass is 10.0. The Labute approximate surface area is 209 Å². The van der Waals surface area contributed by atoms with Gasteiger partial charge in [-0.05, 0) is 57.2 Å². The van der Waals surface area contributed by atoms with Crippen LogP contribution in [0, 0.1) is 10.1 Å². The highest BCUT2D eigenvalue weighted by Crippen LogP contribution is 2.36. The van der Waals surface area contributed by atoms with E-state index in [0.717, 1.165) is 32.0 Å². The number of piperazine rings is 1. The van der Waals surface area contributed by atoms with E-state index in [2.05, 4.69) is 16.8 Å². The molecule has 0 radical (unpaired) electrons. The van der Waals surface area contributed by atoms with Crippen LogP contribution in [0.4, 0.5) is 5.69 Å². The fourth-order valence-electron chi connectivity index (χ4n) is 4.42. The SMILES string of the molecule is CN1CCC(N2CCN(S(=O)(=O)c3cc([N+](=O)[O-])ccc3Oc3cc(Cl)cc(Cl)c3)CC2)CC1. The summed E-state index contributed by atoms with van der Waals surface area (Å²) in [5.41, 5.74) is -0.333. The summed E-state index contributed by atoms with van der Waals surface area (Å²) in [6.07, 6.45) is 2.13. The van der Waals surface area contributed by atoms with Crippen molar-refractivity contribution in [1.29, 1.82) is 0 Å². The number of hydrogen-bond donors (Lipinski definition) is 0. The molecule has 34 heavy (non-hydrogen) atoms. The first-order valence-corrected chi connectivity index (χ1v) is 13.2. The summed E-state index contributed by atoms with van der Waals surface area (Å²) < 4.78 is 34.3. The van der Waals surface area contributed by atoms with Gasteiger partial charge in [-0.25, -0.2) is 8.42 Å². The minimum Gasteiger partial charge on any atom is -0.456 e. The Bertz CT molecular complexity index is 1140. The maximum atomic E-state index is 13.6. The van der Waals surface area contributed by atoms with Gasteiger partial charge >= 0.3 is 0 Å². The zero-order valence-electron chi connectivity index (χ0n) is 18.7. The van der Waals surface area contributed by atoms with Crippen LogP contribution in [-0.4, -0.2) is 79.8 Å². The third kappa shape index (κ3) is 5.64. The molecule has 2 aliphatic heterocycles. The van der Waals surface area contributed by atoms with Crippen LogP contribution in [0.15, 0.2) is 41.3 Å². The average molecular weight is 529 g/mol. The first-order valence-electron chi connectivity index (χ1n) is 11.0. The fourth-order valence-corrected chi connectivity index (χ4v) is 6.48. The summed E-state index contributed by atoms with van der Waals surface area (Å²) in [6, 6.07) is 8.49. The number of benzene rings is 2. The molecule has 2 aromatic carbocycles. The van der Waals surface area contributed by atoms with E-state index >= 15 is 0 Å². The molecule has 0 amide bonds. The number of nitrogens with zero attached hydrogens (tertiary/aromatic N) is 4. The molecule has 4 rings (SSSR count). The Hall–Kier alpha value is -1.95. The molecule has 0 atom stereocenters. The Morgan fingerprint density at radius 3 is 2.18 bits per heavy atom. The smallest absolute Gasteiger partial charge is 0.271 e. The summed E-state index contributed by atoms with van der Waals surface area (Å²) >= 11 is 12.1. The van der Waals surface area contributed by atoms with Crippen LogP contribution in [0.25, 0.3) is 0 Å². The van der Waals surface area contributed by atoms with Crippen LogP contribution >= 0.6 is 23.2 Å². The Kier molecular flexibility index (Phi) is 7.66. The lowest BCUT2D eigenvalue weighted by Crippen LogP contribution is -2.54. The molecule has 2 fully saturated rings. The van der Waals surface area contributed by atoms with Gasteiger partial charge in [0.05, 0.1) is 4.92 Å². The van der Waals surface area contributed by atoms with Gasteiger partial charge < -0.3 is 9.64 Å². The lowest BCUT2D eigenvalue weighted by molar-refractivity contribution is -0.385. The van der Waals surface area contributed by atoms with E-state index in [1.54, 1.807) is 0 Å². The molecule has 2 aromatic rings. The molecule has 184 valence electrons. The zero-order chi connectivity index (χ0) is 24.5. The van der Waals surface area contributed by atoms with Gasteiger partial charge in [-0.1, -0.05) is 23.2 Å². The van der Waals surface area contributed by atoms with Crippen molar-refractivity contribution in [3.8, 4) is 11.5 Å². The Morgan fingerprint density at radius 2 is 1.59 bits per heavy atom. The summed E-state index contributed by atoms with van der Waals surface area (Å²) in [7, 11) is -1.94. The van der Waals surface area contributed by atoms with Crippen molar-refractivity contribution in [2.75, 3.05) is 46.3 Å². The molecule has 2 aliphatic rings. The van der Waals surface area contributed by atoms with Crippen molar-refractivity contribution in [1.82, 2.24) is 14.1 Å². The molecule has 0 saturated carbocycles. The number of sulfonamides is 1. The predicted molar refractivity (Wildman–Crippen MR) is 130 cm³/mol. The van der Waals surface area contributed by atoms with E-state index in [-0.39, 0.29) is 22.1 Å². The second-order valence-corrected chi connectivity index (χ2v) is 11.3. The number of hydrogen-bond acceptors (Lipinski definition) is 7. The van der Waals surface area contributed by atoms with Crippen LogP contribution < -0.4 is 4.74 Å². The molecule has 0 unspecified atom stereocenters. The minimum atomic E-state index is -4.05. The molecule has 0 aromatic heterocycles. The van der Waals surface area contributed by atoms with Crippen LogP contribution in [0.5, 0.6) is 11.5 Å². The van der Waals surface area contributed by atoms with Crippen LogP contribution in [0.2, 0.25) is 10.0 Å². The molecule has 0 spiro atoms. The van der Waals surface area contributed by atoms with Crippen molar-refractivity contribution in [3.63, 3.8) is 0 Å².